The number of nitrogens with one attached hydrogen (secondary N) is 1. The quantitative estimate of drug-likeness (QED) is 0.694. The Balaban J connectivity index is 1.64. The highest BCUT2D eigenvalue weighted by Crippen LogP contribution is 2.33. The number of carbonyl (C=O) groups is 1. The molecule has 0 spiro atoms. The summed E-state index contributed by atoms with van der Waals surface area (Å²) < 4.78 is 0. The van der Waals surface area contributed by atoms with Crippen molar-refractivity contribution >= 4 is 23.5 Å². The van der Waals surface area contributed by atoms with Crippen molar-refractivity contribution < 1.29 is 4.79 Å². The van der Waals surface area contributed by atoms with Gasteiger partial charge in [-0.1, -0.05) is 13.3 Å². The van der Waals surface area contributed by atoms with Crippen molar-refractivity contribution in [3.63, 3.8) is 0 Å². The molecule has 0 aromatic carbocycles. The molecular weight excluding hydrogens is 294 g/mol. The zero-order chi connectivity index (χ0) is 15.4. The van der Waals surface area contributed by atoms with E-state index in [1.807, 2.05) is 18.2 Å². The van der Waals surface area contributed by atoms with Gasteiger partial charge in [-0.25, -0.2) is 5.43 Å². The summed E-state index contributed by atoms with van der Waals surface area (Å²) in [4.78, 5) is 18.2. The molecular formula is C17H19N3OS. The maximum atomic E-state index is 12.2. The van der Waals surface area contributed by atoms with Crippen LogP contribution in [0.2, 0.25) is 0 Å². The smallest absolute Gasteiger partial charge is 0.266 e. The average Bonchev–Trinajstić information content (AvgIpc) is 2.99. The van der Waals surface area contributed by atoms with Crippen LogP contribution < -0.4 is 5.43 Å². The van der Waals surface area contributed by atoms with Gasteiger partial charge in [-0.05, 0) is 54.5 Å². The summed E-state index contributed by atoms with van der Waals surface area (Å²) in [5, 5.41) is 4.01. The molecule has 0 fully saturated rings. The summed E-state index contributed by atoms with van der Waals surface area (Å²) in [6, 6.07) is 5.72. The second-order valence-corrected chi connectivity index (χ2v) is 6.69. The summed E-state index contributed by atoms with van der Waals surface area (Å²) in [7, 11) is 0. The maximum absolute atomic E-state index is 12.2. The van der Waals surface area contributed by atoms with Crippen LogP contribution in [-0.2, 0) is 12.8 Å². The lowest BCUT2D eigenvalue weighted by atomic mass is 9.87. The lowest BCUT2D eigenvalue weighted by Gasteiger charge is -2.19. The molecule has 3 rings (SSSR count). The van der Waals surface area contributed by atoms with E-state index in [0.717, 1.165) is 29.2 Å². The third kappa shape index (κ3) is 3.42. The first-order chi connectivity index (χ1) is 10.8. The molecule has 114 valence electrons. The van der Waals surface area contributed by atoms with Gasteiger partial charge in [0.05, 0.1) is 11.1 Å². The Labute approximate surface area is 134 Å². The fraction of sp³-hybridized carbons (Fsp3) is 0.353. The number of hydrazone groups is 1. The van der Waals surface area contributed by atoms with E-state index in [-0.39, 0.29) is 5.91 Å². The molecule has 1 aliphatic rings. The number of aromatic nitrogens is 1. The van der Waals surface area contributed by atoms with Gasteiger partial charge in [-0.3, -0.25) is 9.78 Å². The molecule has 0 aliphatic heterocycles. The minimum Gasteiger partial charge on any atom is -0.266 e. The van der Waals surface area contributed by atoms with Crippen LogP contribution in [-0.4, -0.2) is 17.1 Å². The Hall–Kier alpha value is -2.01. The Kier molecular flexibility index (Phi) is 4.63. The Bertz CT molecular complexity index is 678. The number of aryl methyl sites for hydroxylation is 1. The number of hydrogen-bond donors (Lipinski definition) is 1. The minimum absolute atomic E-state index is 0.127. The van der Waals surface area contributed by atoms with Gasteiger partial charge in [-0.2, -0.15) is 5.10 Å². The molecule has 4 nitrogen and oxygen atoms in total. The number of hydrogen-bond acceptors (Lipinski definition) is 4. The highest BCUT2D eigenvalue weighted by atomic mass is 32.1. The molecule has 0 bridgehead atoms. The normalized spacial score (nSPS) is 17.4. The van der Waals surface area contributed by atoms with Crippen LogP contribution >= 0.6 is 11.3 Å². The first-order valence-corrected chi connectivity index (χ1v) is 8.43. The van der Waals surface area contributed by atoms with Crippen LogP contribution in [0.15, 0.2) is 35.7 Å². The fourth-order valence-corrected chi connectivity index (χ4v) is 3.83. The molecule has 1 atom stereocenters. The molecule has 0 unspecified atom stereocenters. The van der Waals surface area contributed by atoms with Crippen LogP contribution in [0.3, 0.4) is 0 Å². The molecule has 2 heterocycles. The van der Waals surface area contributed by atoms with E-state index in [9.17, 15) is 4.79 Å². The molecule has 2 aromatic heterocycles. The van der Waals surface area contributed by atoms with E-state index in [4.69, 9.17) is 0 Å². The van der Waals surface area contributed by atoms with E-state index in [1.54, 1.807) is 29.9 Å². The highest BCUT2D eigenvalue weighted by molar-refractivity contribution is 7.14. The lowest BCUT2D eigenvalue weighted by molar-refractivity contribution is 0.0959. The number of thiophene rings is 1. The number of rotatable bonds is 4. The maximum Gasteiger partial charge on any atom is 0.281 e. The minimum atomic E-state index is -0.127. The Morgan fingerprint density at radius 2 is 2.32 bits per heavy atom. The standard InChI is InChI=1S/C17H19N3OS/c1-2-12-3-4-15-14(9-12)10-16(22-15)17(21)20-19-11-13-5-7-18-8-6-13/h5-8,10-12H,2-4,9H2,1H3,(H,20,21)/b19-11-/t12-/m1/s1. The van der Waals surface area contributed by atoms with Crippen molar-refractivity contribution in [2.75, 3.05) is 0 Å². The van der Waals surface area contributed by atoms with Gasteiger partial charge in [0.25, 0.3) is 5.91 Å². The Morgan fingerprint density at radius 1 is 1.50 bits per heavy atom. The van der Waals surface area contributed by atoms with Gasteiger partial charge in [0.2, 0.25) is 0 Å². The molecule has 1 aliphatic carbocycles. The second kappa shape index (κ2) is 6.83. The summed E-state index contributed by atoms with van der Waals surface area (Å²) >= 11 is 1.61. The van der Waals surface area contributed by atoms with Crippen LogP contribution in [0, 0.1) is 5.92 Å². The van der Waals surface area contributed by atoms with Crippen LogP contribution in [0.4, 0.5) is 0 Å². The van der Waals surface area contributed by atoms with E-state index in [2.05, 4.69) is 22.4 Å². The van der Waals surface area contributed by atoms with E-state index < -0.39 is 0 Å². The van der Waals surface area contributed by atoms with Crippen LogP contribution in [0.25, 0.3) is 0 Å². The average molecular weight is 313 g/mol. The molecule has 1 amide bonds. The van der Waals surface area contributed by atoms with Crippen LogP contribution in [0.1, 0.15) is 45.4 Å². The van der Waals surface area contributed by atoms with Gasteiger partial charge in [-0.15, -0.1) is 11.3 Å². The van der Waals surface area contributed by atoms with Crippen molar-refractivity contribution in [3.8, 4) is 0 Å². The zero-order valence-corrected chi connectivity index (χ0v) is 13.4. The van der Waals surface area contributed by atoms with Gasteiger partial charge in [0.15, 0.2) is 0 Å². The SMILES string of the molecule is CC[C@@H]1CCc2sc(C(=O)N/N=C\c3ccncc3)cc2C1. The molecule has 0 radical (unpaired) electrons. The fourth-order valence-electron chi connectivity index (χ4n) is 2.73. The third-order valence-electron chi connectivity index (χ3n) is 4.07. The number of pyridine rings is 1. The molecule has 0 saturated carbocycles. The van der Waals surface area contributed by atoms with Crippen LogP contribution in [0.5, 0.6) is 0 Å². The number of nitrogens with zero attached hydrogens (tertiary/aromatic N) is 2. The first kappa shape index (κ1) is 14.9. The summed E-state index contributed by atoms with van der Waals surface area (Å²) in [5.74, 6) is 0.639. The van der Waals surface area contributed by atoms with Crippen molar-refractivity contribution in [1.29, 1.82) is 0 Å². The Morgan fingerprint density at radius 3 is 3.09 bits per heavy atom. The molecule has 2 aromatic rings. The van der Waals surface area contributed by atoms with Gasteiger partial charge in [0, 0.05) is 17.3 Å². The largest absolute Gasteiger partial charge is 0.281 e. The summed E-state index contributed by atoms with van der Waals surface area (Å²) in [6.07, 6.45) is 9.68. The molecule has 5 heteroatoms. The number of carbonyl (C=O) groups excluding carboxylic acids is 1. The highest BCUT2D eigenvalue weighted by Gasteiger charge is 2.21. The summed E-state index contributed by atoms with van der Waals surface area (Å²) in [5.41, 5.74) is 4.86. The summed E-state index contributed by atoms with van der Waals surface area (Å²) in [6.45, 7) is 2.24. The van der Waals surface area contributed by atoms with Crippen molar-refractivity contribution in [2.24, 2.45) is 11.0 Å². The van der Waals surface area contributed by atoms with Gasteiger partial charge >= 0.3 is 0 Å². The van der Waals surface area contributed by atoms with E-state index >= 15 is 0 Å². The number of amides is 1. The van der Waals surface area contributed by atoms with Crippen molar-refractivity contribution in [1.82, 2.24) is 10.4 Å². The van der Waals surface area contributed by atoms with E-state index in [0.29, 0.717) is 0 Å². The van der Waals surface area contributed by atoms with Gasteiger partial charge < -0.3 is 0 Å². The topological polar surface area (TPSA) is 54.4 Å². The first-order valence-electron chi connectivity index (χ1n) is 7.61. The predicted octanol–water partition coefficient (Wildman–Crippen LogP) is 3.42. The lowest BCUT2D eigenvalue weighted by Crippen LogP contribution is -2.16. The molecule has 0 saturated heterocycles. The zero-order valence-electron chi connectivity index (χ0n) is 12.6. The van der Waals surface area contributed by atoms with Crippen molar-refractivity contribution in [3.05, 3.63) is 51.5 Å². The monoisotopic (exact) mass is 313 g/mol. The molecule has 22 heavy (non-hydrogen) atoms. The van der Waals surface area contributed by atoms with Gasteiger partial charge in [0.1, 0.15) is 0 Å². The van der Waals surface area contributed by atoms with Crippen molar-refractivity contribution in [2.45, 2.75) is 32.6 Å². The third-order valence-corrected chi connectivity index (χ3v) is 5.31. The predicted molar refractivity (Wildman–Crippen MR) is 89.4 cm³/mol. The number of fused-ring (bicyclic) bond motifs is 1. The molecule has 1 N–H and O–H groups in total. The second-order valence-electron chi connectivity index (χ2n) is 5.56. The van der Waals surface area contributed by atoms with E-state index in [1.165, 1.54) is 23.3 Å².